The first-order valence-electron chi connectivity index (χ1n) is 8.62. The normalized spacial score (nSPS) is 15.5. The Kier molecular flexibility index (Phi) is 4.62. The summed E-state index contributed by atoms with van der Waals surface area (Å²) < 4.78 is 2.25. The van der Waals surface area contributed by atoms with E-state index in [0.29, 0.717) is 6.04 Å². The molecule has 1 aliphatic rings. The predicted molar refractivity (Wildman–Crippen MR) is 101 cm³/mol. The molecule has 0 bridgehead atoms. The summed E-state index contributed by atoms with van der Waals surface area (Å²) in [5.74, 6) is 0. The monoisotopic (exact) mass is 366 g/mol. The van der Waals surface area contributed by atoms with E-state index in [2.05, 4.69) is 9.55 Å². The molecule has 2 aromatic heterocycles. The molecule has 1 aromatic carbocycles. The van der Waals surface area contributed by atoms with Crippen LogP contribution in [0.4, 0.5) is 11.4 Å². The number of nitro benzene ring substituents is 1. The zero-order valence-electron chi connectivity index (χ0n) is 14.1. The highest BCUT2D eigenvalue weighted by atomic mass is 32.1. The Morgan fingerprint density at radius 3 is 2.81 bits per heavy atom. The number of rotatable bonds is 4. The van der Waals surface area contributed by atoms with Gasteiger partial charge in [-0.2, -0.15) is 0 Å². The van der Waals surface area contributed by atoms with Crippen LogP contribution in [0.2, 0.25) is 0 Å². The lowest BCUT2D eigenvalue weighted by Crippen LogP contribution is -2.19. The summed E-state index contributed by atoms with van der Waals surface area (Å²) in [6, 6.07) is 11.0. The molecule has 1 fully saturated rings. The molecule has 0 saturated heterocycles. The van der Waals surface area contributed by atoms with Crippen molar-refractivity contribution in [2.24, 2.45) is 4.99 Å². The lowest BCUT2D eigenvalue weighted by molar-refractivity contribution is -0.384. The summed E-state index contributed by atoms with van der Waals surface area (Å²) in [6.45, 7) is 0. The number of nitrogens with zero attached hydrogens (tertiary/aromatic N) is 4. The van der Waals surface area contributed by atoms with Crippen molar-refractivity contribution in [2.45, 2.75) is 31.7 Å². The van der Waals surface area contributed by atoms with Gasteiger partial charge < -0.3 is 4.57 Å². The highest BCUT2D eigenvalue weighted by molar-refractivity contribution is 7.07. The Hall–Kier alpha value is -2.80. The summed E-state index contributed by atoms with van der Waals surface area (Å²) in [5.41, 5.74) is 2.77. The van der Waals surface area contributed by atoms with Crippen LogP contribution in [0.5, 0.6) is 0 Å². The van der Waals surface area contributed by atoms with Crippen LogP contribution in [0.3, 0.4) is 0 Å². The third-order valence-electron chi connectivity index (χ3n) is 4.65. The van der Waals surface area contributed by atoms with Crippen LogP contribution in [-0.4, -0.2) is 14.5 Å². The third-order valence-corrected chi connectivity index (χ3v) is 5.49. The second-order valence-corrected chi connectivity index (χ2v) is 7.18. The molecule has 0 aliphatic heterocycles. The molecule has 0 spiro atoms. The lowest BCUT2D eigenvalue weighted by atomic mass is 10.1. The number of hydrogen-bond donors (Lipinski definition) is 0. The van der Waals surface area contributed by atoms with Crippen LogP contribution in [0.25, 0.3) is 11.3 Å². The summed E-state index contributed by atoms with van der Waals surface area (Å²) in [5, 5.41) is 13.2. The molecule has 3 aromatic rings. The maximum absolute atomic E-state index is 11.1. The van der Waals surface area contributed by atoms with Gasteiger partial charge in [0.2, 0.25) is 0 Å². The summed E-state index contributed by atoms with van der Waals surface area (Å²) in [4.78, 5) is 20.6. The fraction of sp³-hybridized carbons (Fsp3) is 0.263. The van der Waals surface area contributed by atoms with Crippen LogP contribution in [0, 0.1) is 10.1 Å². The Labute approximate surface area is 154 Å². The van der Waals surface area contributed by atoms with E-state index >= 15 is 0 Å². The smallest absolute Gasteiger partial charge is 0.270 e. The van der Waals surface area contributed by atoms with Gasteiger partial charge in [0.25, 0.3) is 5.69 Å². The minimum Gasteiger partial charge on any atom is -0.313 e. The third kappa shape index (κ3) is 3.30. The van der Waals surface area contributed by atoms with Gasteiger partial charge in [-0.05, 0) is 25.0 Å². The average molecular weight is 366 g/mol. The fourth-order valence-corrected chi connectivity index (χ4v) is 4.42. The van der Waals surface area contributed by atoms with Crippen LogP contribution < -0.4 is 4.80 Å². The van der Waals surface area contributed by atoms with Gasteiger partial charge >= 0.3 is 0 Å². The van der Waals surface area contributed by atoms with E-state index in [4.69, 9.17) is 4.99 Å². The summed E-state index contributed by atoms with van der Waals surface area (Å²) in [6.07, 6.45) is 8.10. The van der Waals surface area contributed by atoms with Crippen molar-refractivity contribution in [3.8, 4) is 11.3 Å². The molecule has 0 atom stereocenters. The summed E-state index contributed by atoms with van der Waals surface area (Å²) >= 11 is 1.57. The van der Waals surface area contributed by atoms with Crippen molar-refractivity contribution in [2.75, 3.05) is 0 Å². The molecule has 2 heterocycles. The second kappa shape index (κ2) is 7.21. The number of hydrogen-bond acceptors (Lipinski definition) is 5. The molecule has 0 N–H and O–H groups in total. The zero-order valence-corrected chi connectivity index (χ0v) is 14.9. The standard InChI is InChI=1S/C19H18N4O2S/c24-23(25)17-9-3-5-14(11-17)18-13-26-19(21-15-6-4-10-20-12-15)22(18)16-7-1-2-8-16/h3-6,9-13,16H,1-2,7-8H2. The van der Waals surface area contributed by atoms with E-state index in [1.807, 2.05) is 23.6 Å². The van der Waals surface area contributed by atoms with Crippen LogP contribution in [0.15, 0.2) is 59.2 Å². The van der Waals surface area contributed by atoms with Crippen LogP contribution >= 0.6 is 11.3 Å². The van der Waals surface area contributed by atoms with E-state index in [0.717, 1.165) is 34.6 Å². The molecule has 26 heavy (non-hydrogen) atoms. The quantitative estimate of drug-likeness (QED) is 0.488. The molecule has 0 radical (unpaired) electrons. The highest BCUT2D eigenvalue weighted by Crippen LogP contribution is 2.34. The molecule has 132 valence electrons. The van der Waals surface area contributed by atoms with Gasteiger partial charge in [-0.3, -0.25) is 15.1 Å². The number of benzene rings is 1. The first kappa shape index (κ1) is 16.7. The predicted octanol–water partition coefficient (Wildman–Crippen LogP) is 4.87. The van der Waals surface area contributed by atoms with Gasteiger partial charge in [0, 0.05) is 35.3 Å². The molecule has 1 aliphatic carbocycles. The minimum atomic E-state index is -0.350. The summed E-state index contributed by atoms with van der Waals surface area (Å²) in [7, 11) is 0. The maximum atomic E-state index is 11.1. The molecular formula is C19H18N4O2S. The molecule has 7 heteroatoms. The van der Waals surface area contributed by atoms with E-state index in [1.54, 1.807) is 35.9 Å². The van der Waals surface area contributed by atoms with Gasteiger partial charge in [-0.15, -0.1) is 11.3 Å². The SMILES string of the molecule is O=[N+]([O-])c1cccc(-c2csc(=Nc3cccnc3)n2C2CCCC2)c1. The van der Waals surface area contributed by atoms with Gasteiger partial charge in [0.1, 0.15) is 0 Å². The van der Waals surface area contributed by atoms with E-state index in [9.17, 15) is 10.1 Å². The van der Waals surface area contributed by atoms with Gasteiger partial charge in [0.05, 0.1) is 22.5 Å². The minimum absolute atomic E-state index is 0.109. The molecular weight excluding hydrogens is 348 g/mol. The molecule has 4 rings (SSSR count). The molecule has 0 amide bonds. The van der Waals surface area contributed by atoms with Crippen molar-refractivity contribution >= 4 is 22.7 Å². The average Bonchev–Trinajstić information content (AvgIpc) is 3.32. The number of aromatic nitrogens is 2. The van der Waals surface area contributed by atoms with Crippen molar-refractivity contribution < 1.29 is 4.92 Å². The van der Waals surface area contributed by atoms with Gasteiger partial charge in [-0.1, -0.05) is 25.0 Å². The second-order valence-electron chi connectivity index (χ2n) is 6.34. The zero-order chi connectivity index (χ0) is 17.9. The Balaban J connectivity index is 1.87. The fourth-order valence-electron chi connectivity index (χ4n) is 3.44. The molecule has 6 nitrogen and oxygen atoms in total. The Bertz CT molecular complexity index is 988. The molecule has 1 saturated carbocycles. The van der Waals surface area contributed by atoms with E-state index < -0.39 is 0 Å². The Morgan fingerprint density at radius 1 is 1.23 bits per heavy atom. The van der Waals surface area contributed by atoms with Crippen LogP contribution in [0.1, 0.15) is 31.7 Å². The number of thiazole rings is 1. The van der Waals surface area contributed by atoms with Crippen molar-refractivity contribution in [3.05, 3.63) is 69.1 Å². The van der Waals surface area contributed by atoms with Crippen molar-refractivity contribution in [1.82, 2.24) is 9.55 Å². The highest BCUT2D eigenvalue weighted by Gasteiger charge is 2.22. The van der Waals surface area contributed by atoms with Crippen molar-refractivity contribution in [3.63, 3.8) is 0 Å². The number of nitro groups is 1. The Morgan fingerprint density at radius 2 is 2.08 bits per heavy atom. The number of pyridine rings is 1. The van der Waals surface area contributed by atoms with E-state index in [1.165, 1.54) is 18.9 Å². The number of non-ortho nitro benzene ring substituents is 1. The van der Waals surface area contributed by atoms with E-state index in [-0.39, 0.29) is 10.6 Å². The maximum Gasteiger partial charge on any atom is 0.270 e. The molecule has 0 unspecified atom stereocenters. The van der Waals surface area contributed by atoms with Gasteiger partial charge in [0.15, 0.2) is 4.80 Å². The largest absolute Gasteiger partial charge is 0.313 e. The van der Waals surface area contributed by atoms with Crippen molar-refractivity contribution in [1.29, 1.82) is 0 Å². The topological polar surface area (TPSA) is 73.3 Å². The van der Waals surface area contributed by atoms with Gasteiger partial charge in [-0.25, -0.2) is 4.99 Å². The first-order valence-corrected chi connectivity index (χ1v) is 9.50. The van der Waals surface area contributed by atoms with Crippen LogP contribution in [-0.2, 0) is 0 Å². The lowest BCUT2D eigenvalue weighted by Gasteiger charge is -2.16. The first-order chi connectivity index (χ1) is 12.7.